The molecule has 3 aromatic rings. The second-order valence-electron chi connectivity index (χ2n) is 4.42. The number of methoxy groups -OCH3 is 1. The maximum atomic E-state index is 5.76. The minimum Gasteiger partial charge on any atom is -0.378 e. The third-order valence-electron chi connectivity index (χ3n) is 3.06. The smallest absolute Gasteiger partial charge is 0.142 e. The molecule has 0 unspecified atom stereocenters. The van der Waals surface area contributed by atoms with E-state index < -0.39 is 0 Å². The van der Waals surface area contributed by atoms with Gasteiger partial charge in [0, 0.05) is 23.9 Å². The monoisotopic (exact) mass is 285 g/mol. The van der Waals surface area contributed by atoms with Crippen LogP contribution in [-0.4, -0.2) is 17.1 Å². The van der Waals surface area contributed by atoms with E-state index in [0.717, 1.165) is 32.2 Å². The second-order valence-corrected chi connectivity index (χ2v) is 5.50. The Bertz CT molecular complexity index is 739. The van der Waals surface area contributed by atoms with Gasteiger partial charge in [0.2, 0.25) is 0 Å². The molecule has 2 aromatic heterocycles. The lowest BCUT2D eigenvalue weighted by molar-refractivity contribution is 0.181. The molecule has 0 spiro atoms. The van der Waals surface area contributed by atoms with E-state index in [-0.39, 0.29) is 0 Å². The van der Waals surface area contributed by atoms with Crippen molar-refractivity contribution in [3.05, 3.63) is 47.0 Å². The van der Waals surface area contributed by atoms with Crippen LogP contribution < -0.4 is 5.73 Å². The number of fused-ring (bicyclic) bond motifs is 1. The van der Waals surface area contributed by atoms with Crippen LogP contribution in [0.4, 0.5) is 0 Å². The lowest BCUT2D eigenvalue weighted by Gasteiger charge is -1.99. The molecule has 0 aliphatic rings. The minimum absolute atomic E-state index is 0.476. The predicted molar refractivity (Wildman–Crippen MR) is 81.5 cm³/mol. The van der Waals surface area contributed by atoms with E-state index in [4.69, 9.17) is 10.5 Å². The van der Waals surface area contributed by atoms with E-state index >= 15 is 0 Å². The SMILES string of the molecule is COCc1nc(-c2ccc3ccccc3n2)sc1CN. The van der Waals surface area contributed by atoms with Gasteiger partial charge in [0.05, 0.1) is 23.5 Å². The van der Waals surface area contributed by atoms with Crippen molar-refractivity contribution >= 4 is 22.2 Å². The summed E-state index contributed by atoms with van der Waals surface area (Å²) in [6, 6.07) is 12.1. The van der Waals surface area contributed by atoms with E-state index in [1.807, 2.05) is 24.3 Å². The molecule has 0 amide bonds. The van der Waals surface area contributed by atoms with Gasteiger partial charge in [-0.25, -0.2) is 9.97 Å². The first-order valence-corrected chi connectivity index (χ1v) is 7.17. The van der Waals surface area contributed by atoms with Crippen LogP contribution in [0.25, 0.3) is 21.6 Å². The third-order valence-corrected chi connectivity index (χ3v) is 4.20. The Balaban J connectivity index is 2.05. The topological polar surface area (TPSA) is 61.0 Å². The number of ether oxygens (including phenoxy) is 1. The highest BCUT2D eigenvalue weighted by Crippen LogP contribution is 2.28. The van der Waals surface area contributed by atoms with Crippen molar-refractivity contribution in [1.82, 2.24) is 9.97 Å². The standard InChI is InChI=1S/C15H15N3OS/c1-19-9-13-14(8-16)20-15(18-13)12-7-6-10-4-2-3-5-11(10)17-12/h2-7H,8-9,16H2,1H3. The van der Waals surface area contributed by atoms with Gasteiger partial charge in [-0.3, -0.25) is 0 Å². The minimum atomic E-state index is 0.476. The van der Waals surface area contributed by atoms with Gasteiger partial charge >= 0.3 is 0 Å². The number of thiazole rings is 1. The zero-order chi connectivity index (χ0) is 13.9. The quantitative estimate of drug-likeness (QED) is 0.800. The van der Waals surface area contributed by atoms with Crippen molar-refractivity contribution in [2.24, 2.45) is 5.73 Å². The maximum absolute atomic E-state index is 5.76. The summed E-state index contributed by atoms with van der Waals surface area (Å²) < 4.78 is 5.16. The predicted octanol–water partition coefficient (Wildman–Crippen LogP) is 2.96. The highest BCUT2D eigenvalue weighted by Gasteiger charge is 2.12. The molecule has 4 nitrogen and oxygen atoms in total. The number of rotatable bonds is 4. The zero-order valence-electron chi connectivity index (χ0n) is 11.2. The van der Waals surface area contributed by atoms with E-state index in [0.29, 0.717) is 13.2 Å². The van der Waals surface area contributed by atoms with Crippen LogP contribution in [0.2, 0.25) is 0 Å². The fourth-order valence-electron chi connectivity index (χ4n) is 2.09. The summed E-state index contributed by atoms with van der Waals surface area (Å²) in [6.07, 6.45) is 0. The Kier molecular flexibility index (Phi) is 3.73. The van der Waals surface area contributed by atoms with Crippen molar-refractivity contribution < 1.29 is 4.74 Å². The number of aromatic nitrogens is 2. The number of nitrogens with two attached hydrogens (primary N) is 1. The fraction of sp³-hybridized carbons (Fsp3) is 0.200. The van der Waals surface area contributed by atoms with Crippen LogP contribution >= 0.6 is 11.3 Å². The Morgan fingerprint density at radius 2 is 2.00 bits per heavy atom. The highest BCUT2D eigenvalue weighted by atomic mass is 32.1. The Labute approximate surface area is 121 Å². The van der Waals surface area contributed by atoms with Crippen LogP contribution in [0.3, 0.4) is 0 Å². The average Bonchev–Trinajstić information content (AvgIpc) is 2.90. The largest absolute Gasteiger partial charge is 0.378 e. The molecule has 0 saturated heterocycles. The first kappa shape index (κ1) is 13.2. The summed E-state index contributed by atoms with van der Waals surface area (Å²) in [5.74, 6) is 0. The molecule has 5 heteroatoms. The molecular formula is C15H15N3OS. The maximum Gasteiger partial charge on any atom is 0.142 e. The van der Waals surface area contributed by atoms with Crippen LogP contribution in [-0.2, 0) is 17.9 Å². The number of hydrogen-bond donors (Lipinski definition) is 1. The van der Waals surface area contributed by atoms with Crippen molar-refractivity contribution in [1.29, 1.82) is 0 Å². The lowest BCUT2D eigenvalue weighted by Crippen LogP contribution is -1.99. The third kappa shape index (κ3) is 2.43. The van der Waals surface area contributed by atoms with Gasteiger partial charge in [0.1, 0.15) is 5.01 Å². The summed E-state index contributed by atoms with van der Waals surface area (Å²) >= 11 is 1.58. The zero-order valence-corrected chi connectivity index (χ0v) is 12.0. The molecule has 0 bridgehead atoms. The van der Waals surface area contributed by atoms with Crippen molar-refractivity contribution in [2.75, 3.05) is 7.11 Å². The molecule has 0 fully saturated rings. The molecule has 0 atom stereocenters. The number of benzene rings is 1. The normalized spacial score (nSPS) is 11.1. The van der Waals surface area contributed by atoms with Crippen molar-refractivity contribution in [2.45, 2.75) is 13.2 Å². The van der Waals surface area contributed by atoms with Gasteiger partial charge in [0.25, 0.3) is 0 Å². The van der Waals surface area contributed by atoms with E-state index in [1.165, 1.54) is 0 Å². The van der Waals surface area contributed by atoms with Crippen molar-refractivity contribution in [3.8, 4) is 10.7 Å². The van der Waals surface area contributed by atoms with Gasteiger partial charge in [-0.1, -0.05) is 24.3 Å². The first-order chi connectivity index (χ1) is 9.81. The Hall–Kier alpha value is -1.82. The number of pyridine rings is 1. The van der Waals surface area contributed by atoms with Crippen LogP contribution in [0.5, 0.6) is 0 Å². The summed E-state index contributed by atoms with van der Waals surface area (Å²) in [6.45, 7) is 0.959. The summed E-state index contributed by atoms with van der Waals surface area (Å²) in [4.78, 5) is 10.3. The van der Waals surface area contributed by atoms with Gasteiger partial charge in [-0.15, -0.1) is 11.3 Å². The summed E-state index contributed by atoms with van der Waals surface area (Å²) in [5.41, 5.74) is 8.52. The average molecular weight is 285 g/mol. The molecule has 3 rings (SSSR count). The lowest BCUT2D eigenvalue weighted by atomic mass is 10.2. The van der Waals surface area contributed by atoms with Crippen molar-refractivity contribution in [3.63, 3.8) is 0 Å². The van der Waals surface area contributed by atoms with Crippen LogP contribution in [0.15, 0.2) is 36.4 Å². The molecule has 0 saturated carbocycles. The molecule has 0 radical (unpaired) electrons. The van der Waals surface area contributed by atoms with E-state index in [9.17, 15) is 0 Å². The molecule has 20 heavy (non-hydrogen) atoms. The van der Waals surface area contributed by atoms with Crippen LogP contribution in [0.1, 0.15) is 10.6 Å². The Morgan fingerprint density at radius 1 is 1.15 bits per heavy atom. The summed E-state index contributed by atoms with van der Waals surface area (Å²) in [7, 11) is 1.66. The van der Waals surface area contributed by atoms with Gasteiger partial charge in [0.15, 0.2) is 0 Å². The van der Waals surface area contributed by atoms with Crippen LogP contribution in [0, 0.1) is 0 Å². The molecule has 0 aliphatic heterocycles. The highest BCUT2D eigenvalue weighted by molar-refractivity contribution is 7.15. The van der Waals surface area contributed by atoms with Gasteiger partial charge < -0.3 is 10.5 Å². The fourth-order valence-corrected chi connectivity index (χ4v) is 3.00. The van der Waals surface area contributed by atoms with E-state index in [2.05, 4.69) is 22.1 Å². The first-order valence-electron chi connectivity index (χ1n) is 6.35. The Morgan fingerprint density at radius 3 is 2.80 bits per heavy atom. The molecular weight excluding hydrogens is 270 g/mol. The molecule has 102 valence electrons. The molecule has 1 aromatic carbocycles. The second kappa shape index (κ2) is 5.66. The van der Waals surface area contributed by atoms with Gasteiger partial charge in [-0.05, 0) is 12.1 Å². The number of hydrogen-bond acceptors (Lipinski definition) is 5. The molecule has 0 aliphatic carbocycles. The summed E-state index contributed by atoms with van der Waals surface area (Å²) in [5, 5.41) is 2.02. The number of nitrogens with zero attached hydrogens (tertiary/aromatic N) is 2. The number of para-hydroxylation sites is 1. The van der Waals surface area contributed by atoms with Gasteiger partial charge in [-0.2, -0.15) is 0 Å². The molecule has 2 N–H and O–H groups in total. The molecule has 2 heterocycles. The van der Waals surface area contributed by atoms with E-state index in [1.54, 1.807) is 18.4 Å².